The first-order valence-corrected chi connectivity index (χ1v) is 8.19. The quantitative estimate of drug-likeness (QED) is 0.845. The maximum atomic E-state index is 12.7. The number of nitrogens with zero attached hydrogens (tertiary/aromatic N) is 1. The Balaban J connectivity index is 1.59. The summed E-state index contributed by atoms with van der Waals surface area (Å²) in [5, 5.41) is 3.41. The predicted octanol–water partition coefficient (Wildman–Crippen LogP) is 2.27. The van der Waals surface area contributed by atoms with Crippen LogP contribution in [0.1, 0.15) is 46.0 Å². The molecule has 0 spiro atoms. The number of hydrogen-bond acceptors (Lipinski definition) is 2. The van der Waals surface area contributed by atoms with Gasteiger partial charge in [-0.1, -0.05) is 6.42 Å². The van der Waals surface area contributed by atoms with Gasteiger partial charge in [0.1, 0.15) is 0 Å². The van der Waals surface area contributed by atoms with Crippen LogP contribution >= 0.6 is 0 Å². The zero-order valence-corrected chi connectivity index (χ0v) is 12.4. The van der Waals surface area contributed by atoms with Crippen LogP contribution in [-0.4, -0.2) is 36.5 Å². The third kappa shape index (κ3) is 2.67. The second kappa shape index (κ2) is 5.43. The summed E-state index contributed by atoms with van der Waals surface area (Å²) >= 11 is 0. The fraction of sp³-hybridized carbons (Fsp3) is 0.938. The molecule has 0 aromatic carbocycles. The average Bonchev–Trinajstić information content (AvgIpc) is 2.89. The van der Waals surface area contributed by atoms with E-state index in [1.54, 1.807) is 0 Å². The van der Waals surface area contributed by atoms with Crippen LogP contribution in [0.15, 0.2) is 0 Å². The fourth-order valence-corrected chi connectivity index (χ4v) is 4.28. The maximum absolute atomic E-state index is 12.7. The summed E-state index contributed by atoms with van der Waals surface area (Å²) in [6.45, 7) is 7.60. The molecular weight excluding hydrogens is 236 g/mol. The average molecular weight is 264 g/mol. The summed E-state index contributed by atoms with van der Waals surface area (Å²) in [6.07, 6.45) is 6.43. The Morgan fingerprint density at radius 3 is 2.37 bits per heavy atom. The lowest BCUT2D eigenvalue weighted by Crippen LogP contribution is -2.44. The summed E-state index contributed by atoms with van der Waals surface area (Å²) in [4.78, 5) is 14.9. The van der Waals surface area contributed by atoms with E-state index in [1.165, 1.54) is 32.1 Å². The van der Waals surface area contributed by atoms with Crippen LogP contribution in [-0.2, 0) is 4.79 Å². The van der Waals surface area contributed by atoms with Gasteiger partial charge in [-0.3, -0.25) is 4.79 Å². The van der Waals surface area contributed by atoms with Crippen LogP contribution in [0, 0.1) is 23.7 Å². The van der Waals surface area contributed by atoms with Gasteiger partial charge in [0.05, 0.1) is 0 Å². The lowest BCUT2D eigenvalue weighted by atomic mass is 9.96. The molecule has 3 heteroatoms. The minimum atomic E-state index is 0.365. The van der Waals surface area contributed by atoms with Crippen molar-refractivity contribution in [3.8, 4) is 0 Å². The van der Waals surface area contributed by atoms with Gasteiger partial charge >= 0.3 is 0 Å². The first-order chi connectivity index (χ1) is 9.18. The molecule has 108 valence electrons. The number of carbonyl (C=O) groups excluding carboxylic acids is 1. The zero-order valence-electron chi connectivity index (χ0n) is 12.4. The largest absolute Gasteiger partial charge is 0.340 e. The molecule has 0 aromatic rings. The summed E-state index contributed by atoms with van der Waals surface area (Å²) in [6, 6.07) is 0.365. The van der Waals surface area contributed by atoms with Crippen molar-refractivity contribution in [2.45, 2.75) is 52.0 Å². The number of fused-ring (bicyclic) bond motifs is 1. The van der Waals surface area contributed by atoms with Crippen molar-refractivity contribution in [3.63, 3.8) is 0 Å². The highest BCUT2D eigenvalue weighted by Gasteiger charge is 2.57. The molecule has 0 bridgehead atoms. The monoisotopic (exact) mass is 264 g/mol. The van der Waals surface area contributed by atoms with Gasteiger partial charge in [-0.15, -0.1) is 0 Å². The van der Waals surface area contributed by atoms with Gasteiger partial charge in [-0.2, -0.15) is 0 Å². The van der Waals surface area contributed by atoms with Crippen LogP contribution in [0.4, 0.5) is 0 Å². The van der Waals surface area contributed by atoms with E-state index in [-0.39, 0.29) is 0 Å². The van der Waals surface area contributed by atoms with Gasteiger partial charge in [0.2, 0.25) is 5.91 Å². The molecular formula is C16H28N2O. The van der Waals surface area contributed by atoms with Crippen molar-refractivity contribution in [1.82, 2.24) is 10.2 Å². The molecule has 3 rings (SSSR count). The SMILES string of the molecule is CC(C)N(CC1CCNCC1)C(=O)C1C2CCCC21. The number of carbonyl (C=O) groups is 1. The Morgan fingerprint density at radius 1 is 1.16 bits per heavy atom. The maximum Gasteiger partial charge on any atom is 0.226 e. The Morgan fingerprint density at radius 2 is 1.79 bits per heavy atom. The first-order valence-electron chi connectivity index (χ1n) is 8.19. The summed E-state index contributed by atoms with van der Waals surface area (Å²) in [5.74, 6) is 3.09. The highest BCUT2D eigenvalue weighted by molar-refractivity contribution is 5.82. The fourth-order valence-electron chi connectivity index (χ4n) is 4.28. The minimum Gasteiger partial charge on any atom is -0.340 e. The Kier molecular flexibility index (Phi) is 3.84. The normalized spacial score (nSPS) is 34.4. The topological polar surface area (TPSA) is 32.3 Å². The van der Waals surface area contributed by atoms with E-state index in [1.807, 2.05) is 0 Å². The van der Waals surface area contributed by atoms with Crippen LogP contribution in [0.25, 0.3) is 0 Å². The van der Waals surface area contributed by atoms with E-state index in [0.29, 0.717) is 23.8 Å². The molecule has 3 aliphatic rings. The van der Waals surface area contributed by atoms with E-state index in [4.69, 9.17) is 0 Å². The molecule has 3 nitrogen and oxygen atoms in total. The van der Waals surface area contributed by atoms with Gasteiger partial charge in [-0.25, -0.2) is 0 Å². The van der Waals surface area contributed by atoms with E-state index in [2.05, 4.69) is 24.1 Å². The van der Waals surface area contributed by atoms with Crippen molar-refractivity contribution >= 4 is 5.91 Å². The van der Waals surface area contributed by atoms with Crippen LogP contribution in [0.2, 0.25) is 0 Å². The highest BCUT2D eigenvalue weighted by atomic mass is 16.2. The van der Waals surface area contributed by atoms with Crippen molar-refractivity contribution < 1.29 is 4.79 Å². The van der Waals surface area contributed by atoms with Gasteiger partial charge in [0, 0.05) is 18.5 Å². The van der Waals surface area contributed by atoms with Crippen molar-refractivity contribution in [2.75, 3.05) is 19.6 Å². The third-order valence-electron chi connectivity index (χ3n) is 5.51. The molecule has 3 fully saturated rings. The Bertz CT molecular complexity index is 326. The lowest BCUT2D eigenvalue weighted by molar-refractivity contribution is -0.136. The molecule has 1 amide bonds. The summed E-state index contributed by atoms with van der Waals surface area (Å²) in [7, 11) is 0. The molecule has 2 aliphatic carbocycles. The molecule has 1 heterocycles. The molecule has 1 aliphatic heterocycles. The lowest BCUT2D eigenvalue weighted by Gasteiger charge is -2.33. The van der Waals surface area contributed by atoms with Crippen molar-refractivity contribution in [3.05, 3.63) is 0 Å². The minimum absolute atomic E-state index is 0.365. The Hall–Kier alpha value is -0.570. The summed E-state index contributed by atoms with van der Waals surface area (Å²) in [5.41, 5.74) is 0. The summed E-state index contributed by atoms with van der Waals surface area (Å²) < 4.78 is 0. The van der Waals surface area contributed by atoms with Crippen LogP contribution in [0.5, 0.6) is 0 Å². The first kappa shape index (κ1) is 13.4. The smallest absolute Gasteiger partial charge is 0.226 e. The number of piperidine rings is 1. The van der Waals surface area contributed by atoms with Crippen molar-refractivity contribution in [1.29, 1.82) is 0 Å². The molecule has 2 saturated carbocycles. The molecule has 19 heavy (non-hydrogen) atoms. The number of amides is 1. The van der Waals surface area contributed by atoms with E-state index < -0.39 is 0 Å². The molecule has 1 saturated heterocycles. The molecule has 0 aromatic heterocycles. The second-order valence-corrected chi connectivity index (χ2v) is 7.06. The Labute approximate surface area is 117 Å². The van der Waals surface area contributed by atoms with Gasteiger partial charge in [-0.05, 0) is 70.4 Å². The van der Waals surface area contributed by atoms with Gasteiger partial charge in [0.25, 0.3) is 0 Å². The van der Waals surface area contributed by atoms with Crippen molar-refractivity contribution in [2.24, 2.45) is 23.7 Å². The van der Waals surface area contributed by atoms with Crippen LogP contribution in [0.3, 0.4) is 0 Å². The van der Waals surface area contributed by atoms with E-state index in [9.17, 15) is 4.79 Å². The third-order valence-corrected chi connectivity index (χ3v) is 5.51. The molecule has 0 radical (unpaired) electrons. The second-order valence-electron chi connectivity index (χ2n) is 7.06. The molecule has 2 unspecified atom stereocenters. The van der Waals surface area contributed by atoms with Crippen LogP contribution < -0.4 is 5.32 Å². The molecule has 2 atom stereocenters. The standard InChI is InChI=1S/C16H28N2O/c1-11(2)18(10-12-6-8-17-9-7-12)16(19)15-13-4-3-5-14(13)15/h11-15,17H,3-10H2,1-2H3. The number of rotatable bonds is 4. The van der Waals surface area contributed by atoms with E-state index >= 15 is 0 Å². The van der Waals surface area contributed by atoms with Gasteiger partial charge < -0.3 is 10.2 Å². The van der Waals surface area contributed by atoms with E-state index in [0.717, 1.165) is 31.5 Å². The van der Waals surface area contributed by atoms with Gasteiger partial charge in [0.15, 0.2) is 0 Å². The number of hydrogen-bond donors (Lipinski definition) is 1. The zero-order chi connectivity index (χ0) is 13.4. The number of nitrogens with one attached hydrogen (secondary N) is 1. The molecule has 1 N–H and O–H groups in total. The predicted molar refractivity (Wildman–Crippen MR) is 76.8 cm³/mol. The highest BCUT2D eigenvalue weighted by Crippen LogP contribution is 2.58.